The van der Waals surface area contributed by atoms with Crippen molar-refractivity contribution in [1.82, 2.24) is 0 Å². The zero-order chi connectivity index (χ0) is 3.58. The van der Waals surface area contributed by atoms with Crippen molar-refractivity contribution in [1.29, 1.82) is 0 Å². The Labute approximate surface area is 64.3 Å². The first-order valence-electron chi connectivity index (χ1n) is 0.651. The first-order valence-corrected chi connectivity index (χ1v) is 0.651. The summed E-state index contributed by atoms with van der Waals surface area (Å²) >= 11 is 0. The summed E-state index contributed by atoms with van der Waals surface area (Å²) in [5.74, 6) is 0. The molecule has 0 aromatic heterocycles. The zero-order valence-corrected chi connectivity index (χ0v) is 6.52. The molecule has 0 aromatic carbocycles. The number of carbonyl (C=O) groups is 1. The molecule has 0 atom stereocenters. The molecule has 0 rings (SSSR count). The van der Waals surface area contributed by atoms with Crippen LogP contribution in [0.5, 0.6) is 0 Å². The summed E-state index contributed by atoms with van der Waals surface area (Å²) in [5, 5.41) is 13.9. The molecule has 0 saturated carbocycles. The van der Waals surface area contributed by atoms with Crippen molar-refractivity contribution < 1.29 is 17.9 Å². The van der Waals surface area contributed by atoms with E-state index in [1.807, 2.05) is 0 Å². The van der Waals surface area contributed by atoms with Crippen LogP contribution in [-0.2, 0) is 0 Å². The Balaban J connectivity index is -0.00000000750. The van der Waals surface area contributed by atoms with Crippen molar-refractivity contribution in [2.24, 2.45) is 0 Å². The van der Waals surface area contributed by atoms with Crippen LogP contribution in [-0.4, -0.2) is 56.5 Å². The molecule has 0 aliphatic rings. The Morgan fingerprint density at radius 2 is 1.50 bits per heavy atom. The standard InChI is InChI=1S/CH2O3.Mg.H2Se.2H/c2-1(3)4;;;;/h(H2,2,3,4);;1H2;;/q;+2;;2*-1. The predicted molar refractivity (Wildman–Crippen MR) is 27.2 cm³/mol. The second-order valence-corrected chi connectivity index (χ2v) is 0.283. The molecule has 0 bridgehead atoms. The topological polar surface area (TPSA) is 57.5 Å². The van der Waals surface area contributed by atoms with Gasteiger partial charge in [-0.1, -0.05) is 0 Å². The minimum absolute atomic E-state index is 0. The van der Waals surface area contributed by atoms with E-state index in [0.717, 1.165) is 0 Å². The van der Waals surface area contributed by atoms with Crippen LogP contribution in [0.4, 0.5) is 4.79 Å². The molecule has 3 nitrogen and oxygen atoms in total. The van der Waals surface area contributed by atoms with Crippen molar-refractivity contribution >= 4 is 46.3 Å². The van der Waals surface area contributed by atoms with E-state index in [-0.39, 0.29) is 43.0 Å². The van der Waals surface area contributed by atoms with Crippen LogP contribution < -0.4 is 0 Å². The van der Waals surface area contributed by atoms with Gasteiger partial charge in [0.1, 0.15) is 0 Å². The Morgan fingerprint density at radius 3 is 1.50 bits per heavy atom. The molecule has 0 aromatic rings. The molecule has 6 heavy (non-hydrogen) atoms. The fourth-order valence-electron chi connectivity index (χ4n) is 0. The second kappa shape index (κ2) is 9.12. The maximum absolute atomic E-state index is 8.56. The summed E-state index contributed by atoms with van der Waals surface area (Å²) in [7, 11) is 0. The Bertz CT molecular complexity index is 40.3. The predicted octanol–water partition coefficient (Wildman–Crippen LogP) is -0.850. The monoisotopic (exact) mass is 170 g/mol. The Kier molecular flexibility index (Phi) is 24.3. The van der Waals surface area contributed by atoms with Gasteiger partial charge in [-0.15, -0.1) is 0 Å². The van der Waals surface area contributed by atoms with Crippen molar-refractivity contribution in [2.45, 2.75) is 0 Å². The third-order valence-electron chi connectivity index (χ3n) is 0. The van der Waals surface area contributed by atoms with Gasteiger partial charge in [0.15, 0.2) is 0 Å². The first-order chi connectivity index (χ1) is 1.73. The van der Waals surface area contributed by atoms with Crippen molar-refractivity contribution in [3.63, 3.8) is 0 Å². The first kappa shape index (κ1) is 16.0. The Hall–Kier alpha value is 0.556. The number of carboxylic acid groups (broad SMARTS) is 2. The molecule has 0 radical (unpaired) electrons. The van der Waals surface area contributed by atoms with Gasteiger partial charge in [0.2, 0.25) is 0 Å². The van der Waals surface area contributed by atoms with Gasteiger partial charge in [-0.25, -0.2) is 4.79 Å². The van der Waals surface area contributed by atoms with E-state index in [1.54, 1.807) is 0 Å². The molecule has 0 aliphatic heterocycles. The van der Waals surface area contributed by atoms with E-state index < -0.39 is 6.16 Å². The molecule has 0 spiro atoms. The van der Waals surface area contributed by atoms with Gasteiger partial charge in [0.05, 0.1) is 0 Å². The van der Waals surface area contributed by atoms with Gasteiger partial charge in [-0.3, -0.25) is 0 Å². The molecule has 0 saturated heterocycles. The fourth-order valence-corrected chi connectivity index (χ4v) is 0. The number of hydrogen-bond acceptors (Lipinski definition) is 1. The maximum atomic E-state index is 8.56. The fraction of sp³-hybridized carbons (Fsp3) is 0. The van der Waals surface area contributed by atoms with Crippen molar-refractivity contribution in [3.05, 3.63) is 0 Å². The van der Waals surface area contributed by atoms with Crippen LogP contribution in [0.2, 0.25) is 0 Å². The van der Waals surface area contributed by atoms with Gasteiger partial charge in [-0.2, -0.15) is 0 Å². The van der Waals surface area contributed by atoms with Crippen LogP contribution in [0.3, 0.4) is 0 Å². The molecule has 0 heterocycles. The minimum atomic E-state index is -1.83. The Morgan fingerprint density at radius 1 is 1.50 bits per heavy atom. The average Bonchev–Trinajstić information content (AvgIpc) is 0.811. The third-order valence-corrected chi connectivity index (χ3v) is 0. The van der Waals surface area contributed by atoms with Gasteiger partial charge in [0.25, 0.3) is 0 Å². The van der Waals surface area contributed by atoms with E-state index >= 15 is 0 Å². The van der Waals surface area contributed by atoms with Crippen molar-refractivity contribution in [2.75, 3.05) is 0 Å². The van der Waals surface area contributed by atoms with E-state index in [0.29, 0.717) is 0 Å². The molecule has 0 aliphatic carbocycles. The summed E-state index contributed by atoms with van der Waals surface area (Å²) in [5.41, 5.74) is 0. The van der Waals surface area contributed by atoms with E-state index in [4.69, 9.17) is 15.0 Å². The summed E-state index contributed by atoms with van der Waals surface area (Å²) in [6, 6.07) is 0. The van der Waals surface area contributed by atoms with Crippen molar-refractivity contribution in [3.8, 4) is 0 Å². The SMILES string of the molecule is O=C(O)O.[H-].[H-].[Mg+2].[SeH2]. The summed E-state index contributed by atoms with van der Waals surface area (Å²) in [6.07, 6.45) is -1.83. The normalized spacial score (nSPS) is 4.00. The van der Waals surface area contributed by atoms with E-state index in [1.165, 1.54) is 0 Å². The molecule has 5 heteroatoms. The number of rotatable bonds is 0. The third kappa shape index (κ3) is 187. The number of hydrogen-bond donors (Lipinski definition) is 2. The van der Waals surface area contributed by atoms with Gasteiger partial charge < -0.3 is 13.1 Å². The van der Waals surface area contributed by atoms with E-state index in [9.17, 15) is 0 Å². The van der Waals surface area contributed by atoms with Gasteiger partial charge in [0, 0.05) is 0 Å². The second-order valence-electron chi connectivity index (χ2n) is 0.283. The quantitative estimate of drug-likeness (QED) is 0.464. The summed E-state index contributed by atoms with van der Waals surface area (Å²) < 4.78 is 0. The summed E-state index contributed by atoms with van der Waals surface area (Å²) in [6.45, 7) is 0. The van der Waals surface area contributed by atoms with Crippen LogP contribution in [0.15, 0.2) is 0 Å². The van der Waals surface area contributed by atoms with Crippen LogP contribution in [0.25, 0.3) is 0 Å². The van der Waals surface area contributed by atoms with Gasteiger partial charge in [-0.05, 0) is 0 Å². The van der Waals surface area contributed by atoms with Crippen LogP contribution >= 0.6 is 0 Å². The van der Waals surface area contributed by atoms with Gasteiger partial charge >= 0.3 is 46.3 Å². The van der Waals surface area contributed by atoms with Crippen LogP contribution in [0.1, 0.15) is 2.85 Å². The molecule has 0 amide bonds. The van der Waals surface area contributed by atoms with E-state index in [2.05, 4.69) is 0 Å². The molecule has 0 fully saturated rings. The van der Waals surface area contributed by atoms with Crippen LogP contribution in [0, 0.1) is 0 Å². The molecule has 36 valence electrons. The average molecular weight is 169 g/mol. The molecular formula is CH6MgO3Se. The zero-order valence-electron chi connectivity index (χ0n) is 5.01. The molecule has 2 N–H and O–H groups in total. The summed E-state index contributed by atoms with van der Waals surface area (Å²) in [4.78, 5) is 8.56. The molecule has 0 unspecified atom stereocenters. The molecular weight excluding hydrogens is 163 g/mol.